The first-order chi connectivity index (χ1) is 15.7. The van der Waals surface area contributed by atoms with Crippen molar-refractivity contribution in [2.24, 2.45) is 4.99 Å². The Labute approximate surface area is 181 Å². The third-order valence-electron chi connectivity index (χ3n) is 5.32. The quantitative estimate of drug-likeness (QED) is 0.546. The van der Waals surface area contributed by atoms with E-state index in [9.17, 15) is 8.78 Å². The number of H-pyrrole nitrogens is 1. The molecule has 0 unspecified atom stereocenters. The van der Waals surface area contributed by atoms with Gasteiger partial charge in [-0.1, -0.05) is 6.08 Å². The SMILES string of the molecule is FCCNc1ccc(F)c(C2=Nc3ncc(C4=CCOCC4)cc3-c3[nH]ncc3N2)c1F. The van der Waals surface area contributed by atoms with E-state index >= 15 is 4.39 Å². The minimum absolute atomic E-state index is 0.0183. The molecule has 0 atom stereocenters. The van der Waals surface area contributed by atoms with Gasteiger partial charge >= 0.3 is 0 Å². The van der Waals surface area contributed by atoms with Crippen LogP contribution in [-0.4, -0.2) is 47.5 Å². The Kier molecular flexibility index (Phi) is 5.36. The number of aliphatic imine (C=N–C) groups is 1. The molecule has 5 rings (SSSR count). The minimum Gasteiger partial charge on any atom is -0.380 e. The number of amidine groups is 1. The minimum atomic E-state index is -0.873. The highest BCUT2D eigenvalue weighted by Crippen LogP contribution is 2.38. The van der Waals surface area contributed by atoms with E-state index in [0.717, 1.165) is 23.6 Å². The summed E-state index contributed by atoms with van der Waals surface area (Å²) in [5, 5.41) is 12.6. The lowest BCUT2D eigenvalue weighted by molar-refractivity contribution is 0.161. The largest absolute Gasteiger partial charge is 0.380 e. The number of halogens is 3. The standard InChI is InChI=1S/C22H19F3N6O/c23-5-6-26-16-2-1-15(24)18(19(16)25)22-29-17-11-28-31-20(17)14-9-13(10-27-21(14)30-22)12-3-7-32-8-4-12/h1-3,9-11,26H,4-8H2,(H,28,31)(H,27,29,30). The molecule has 2 aliphatic heterocycles. The second-order valence-corrected chi connectivity index (χ2v) is 7.29. The van der Waals surface area contributed by atoms with Crippen LogP contribution in [0.5, 0.6) is 0 Å². The van der Waals surface area contributed by atoms with E-state index in [0.29, 0.717) is 30.2 Å². The van der Waals surface area contributed by atoms with Crippen molar-refractivity contribution in [1.82, 2.24) is 15.2 Å². The zero-order valence-electron chi connectivity index (χ0n) is 16.9. The molecule has 7 nitrogen and oxygen atoms in total. The molecular weight excluding hydrogens is 421 g/mol. The Morgan fingerprint density at radius 2 is 2.09 bits per heavy atom. The summed E-state index contributed by atoms with van der Waals surface area (Å²) in [6.07, 6.45) is 5.97. The molecule has 1 aromatic carbocycles. The fourth-order valence-electron chi connectivity index (χ4n) is 3.75. The third-order valence-corrected chi connectivity index (χ3v) is 5.32. The van der Waals surface area contributed by atoms with Crippen LogP contribution in [0.3, 0.4) is 0 Å². The number of anilines is 2. The van der Waals surface area contributed by atoms with E-state index in [1.165, 1.54) is 12.3 Å². The summed E-state index contributed by atoms with van der Waals surface area (Å²) < 4.78 is 47.8. The van der Waals surface area contributed by atoms with Crippen LogP contribution in [0.1, 0.15) is 17.5 Å². The Hall–Kier alpha value is -3.66. The van der Waals surface area contributed by atoms with Gasteiger partial charge in [0.25, 0.3) is 0 Å². The molecule has 0 radical (unpaired) electrons. The first-order valence-electron chi connectivity index (χ1n) is 10.1. The fourth-order valence-corrected chi connectivity index (χ4v) is 3.75. The number of nitrogens with one attached hydrogen (secondary N) is 3. The number of fused-ring (bicyclic) bond motifs is 3. The number of hydrogen-bond donors (Lipinski definition) is 3. The van der Waals surface area contributed by atoms with Gasteiger partial charge in [0.1, 0.15) is 18.3 Å². The number of aromatic nitrogens is 3. The van der Waals surface area contributed by atoms with Gasteiger partial charge in [-0.05, 0) is 35.8 Å². The van der Waals surface area contributed by atoms with Crippen LogP contribution in [-0.2, 0) is 4.74 Å². The van der Waals surface area contributed by atoms with E-state index in [1.54, 1.807) is 6.20 Å². The lowest BCUT2D eigenvalue weighted by Crippen LogP contribution is -2.18. The molecule has 0 saturated carbocycles. The number of rotatable bonds is 5. The number of nitrogens with zero attached hydrogens (tertiary/aromatic N) is 3. The molecule has 0 bridgehead atoms. The highest BCUT2D eigenvalue weighted by molar-refractivity contribution is 6.13. The average molecular weight is 440 g/mol. The first kappa shape index (κ1) is 20.3. The van der Waals surface area contributed by atoms with Gasteiger partial charge in [-0.2, -0.15) is 5.10 Å². The Morgan fingerprint density at radius 3 is 2.91 bits per heavy atom. The monoisotopic (exact) mass is 440 g/mol. The number of ether oxygens (including phenoxy) is 1. The van der Waals surface area contributed by atoms with Crippen molar-refractivity contribution in [2.45, 2.75) is 6.42 Å². The second kappa shape index (κ2) is 8.46. The van der Waals surface area contributed by atoms with Crippen LogP contribution in [0, 0.1) is 11.6 Å². The molecule has 0 spiro atoms. The van der Waals surface area contributed by atoms with Crippen LogP contribution in [0.2, 0.25) is 0 Å². The predicted molar refractivity (Wildman–Crippen MR) is 116 cm³/mol. The van der Waals surface area contributed by atoms with E-state index in [2.05, 4.69) is 30.8 Å². The van der Waals surface area contributed by atoms with Crippen LogP contribution in [0.15, 0.2) is 41.7 Å². The maximum atomic E-state index is 15.1. The molecule has 32 heavy (non-hydrogen) atoms. The van der Waals surface area contributed by atoms with Gasteiger partial charge in [0.2, 0.25) is 0 Å². The van der Waals surface area contributed by atoms with Crippen molar-refractivity contribution in [3.8, 4) is 11.3 Å². The van der Waals surface area contributed by atoms with Gasteiger partial charge in [-0.3, -0.25) is 5.10 Å². The topological polar surface area (TPSA) is 87.2 Å². The van der Waals surface area contributed by atoms with E-state index in [-0.39, 0.29) is 29.4 Å². The third kappa shape index (κ3) is 3.62. The number of aromatic amines is 1. The van der Waals surface area contributed by atoms with E-state index in [1.807, 2.05) is 12.1 Å². The second-order valence-electron chi connectivity index (χ2n) is 7.29. The highest BCUT2D eigenvalue weighted by atomic mass is 19.1. The molecule has 0 saturated heterocycles. The zero-order chi connectivity index (χ0) is 22.1. The molecule has 2 aromatic heterocycles. The molecule has 4 heterocycles. The average Bonchev–Trinajstić information content (AvgIpc) is 3.21. The van der Waals surface area contributed by atoms with Gasteiger partial charge in [0, 0.05) is 18.3 Å². The van der Waals surface area contributed by atoms with Crippen molar-refractivity contribution in [3.05, 3.63) is 59.4 Å². The van der Waals surface area contributed by atoms with Crippen LogP contribution in [0.4, 0.5) is 30.4 Å². The van der Waals surface area contributed by atoms with Crippen LogP contribution >= 0.6 is 0 Å². The number of pyridine rings is 1. The van der Waals surface area contributed by atoms with Crippen molar-refractivity contribution in [3.63, 3.8) is 0 Å². The molecule has 0 aliphatic carbocycles. The molecule has 10 heteroatoms. The molecule has 0 fully saturated rings. The van der Waals surface area contributed by atoms with Crippen molar-refractivity contribution >= 4 is 28.6 Å². The zero-order valence-corrected chi connectivity index (χ0v) is 16.9. The summed E-state index contributed by atoms with van der Waals surface area (Å²) in [4.78, 5) is 8.92. The Bertz CT molecular complexity index is 1240. The maximum absolute atomic E-state index is 15.1. The molecular formula is C22H19F3N6O. The molecule has 0 amide bonds. The number of alkyl halides is 1. The summed E-state index contributed by atoms with van der Waals surface area (Å²) >= 11 is 0. The van der Waals surface area contributed by atoms with Gasteiger partial charge in [-0.25, -0.2) is 23.1 Å². The molecule has 3 aromatic rings. The first-order valence-corrected chi connectivity index (χ1v) is 10.1. The summed E-state index contributed by atoms with van der Waals surface area (Å²) in [7, 11) is 0. The summed E-state index contributed by atoms with van der Waals surface area (Å²) in [5.74, 6) is -1.46. The Morgan fingerprint density at radius 1 is 1.19 bits per heavy atom. The number of hydrogen-bond acceptors (Lipinski definition) is 6. The lowest BCUT2D eigenvalue weighted by atomic mass is 10.0. The lowest BCUT2D eigenvalue weighted by Gasteiger charge is -2.14. The van der Waals surface area contributed by atoms with Gasteiger partial charge in [-0.15, -0.1) is 0 Å². The van der Waals surface area contributed by atoms with E-state index in [4.69, 9.17) is 4.74 Å². The summed E-state index contributed by atoms with van der Waals surface area (Å²) in [5.41, 5.74) is 3.40. The van der Waals surface area contributed by atoms with E-state index < -0.39 is 18.3 Å². The van der Waals surface area contributed by atoms with Crippen molar-refractivity contribution in [2.75, 3.05) is 37.1 Å². The number of benzene rings is 1. The normalized spacial score (nSPS) is 15.1. The smallest absolute Gasteiger partial charge is 0.163 e. The van der Waals surface area contributed by atoms with Gasteiger partial charge in [0.05, 0.1) is 42.0 Å². The van der Waals surface area contributed by atoms with Crippen LogP contribution in [0.25, 0.3) is 16.8 Å². The van der Waals surface area contributed by atoms with Crippen LogP contribution < -0.4 is 10.6 Å². The van der Waals surface area contributed by atoms with Gasteiger partial charge in [0.15, 0.2) is 11.6 Å². The predicted octanol–water partition coefficient (Wildman–Crippen LogP) is 4.44. The maximum Gasteiger partial charge on any atom is 0.163 e. The molecule has 164 valence electrons. The fraction of sp³-hybridized carbons (Fsp3) is 0.227. The molecule has 2 aliphatic rings. The van der Waals surface area contributed by atoms with Gasteiger partial charge < -0.3 is 15.4 Å². The highest BCUT2D eigenvalue weighted by Gasteiger charge is 2.25. The summed E-state index contributed by atoms with van der Waals surface area (Å²) in [6.45, 7) is 0.387. The summed E-state index contributed by atoms with van der Waals surface area (Å²) in [6, 6.07) is 4.26. The molecule has 3 N–H and O–H groups in total. The Balaban J connectivity index is 1.63. The van der Waals surface area contributed by atoms with Crippen molar-refractivity contribution < 1.29 is 17.9 Å². The van der Waals surface area contributed by atoms with Crippen molar-refractivity contribution in [1.29, 1.82) is 0 Å².